The molecule has 2 fully saturated rings. The molecular formula is C15H22IN3O. The largest absolute Gasteiger partial charge is 0.381 e. The third-order valence-electron chi connectivity index (χ3n) is 4.46. The summed E-state index contributed by atoms with van der Waals surface area (Å²) >= 11 is 2.41. The van der Waals surface area contributed by atoms with Crippen molar-refractivity contribution >= 4 is 28.4 Å². The molecule has 0 bridgehead atoms. The Morgan fingerprint density at radius 3 is 2.40 bits per heavy atom. The van der Waals surface area contributed by atoms with E-state index in [9.17, 15) is 0 Å². The van der Waals surface area contributed by atoms with Gasteiger partial charge in [-0.05, 0) is 48.3 Å². The summed E-state index contributed by atoms with van der Waals surface area (Å²) in [5.41, 5.74) is 1.28. The summed E-state index contributed by atoms with van der Waals surface area (Å²) in [4.78, 5) is 9.73. The van der Waals surface area contributed by atoms with E-state index in [1.807, 2.05) is 7.05 Å². The molecule has 0 unspecified atom stereocenters. The van der Waals surface area contributed by atoms with E-state index in [1.165, 1.54) is 34.9 Å². The van der Waals surface area contributed by atoms with Gasteiger partial charge >= 0.3 is 0 Å². The fourth-order valence-corrected chi connectivity index (χ4v) is 4.21. The average molecular weight is 387 g/mol. The van der Waals surface area contributed by atoms with Gasteiger partial charge in [0.05, 0.1) is 9.26 Å². The van der Waals surface area contributed by atoms with Crippen LogP contribution in [0.5, 0.6) is 0 Å². The van der Waals surface area contributed by atoms with Gasteiger partial charge in [-0.15, -0.1) is 0 Å². The molecule has 110 valence electrons. The van der Waals surface area contributed by atoms with Gasteiger partial charge in [0.15, 0.2) is 0 Å². The van der Waals surface area contributed by atoms with E-state index >= 15 is 0 Å². The van der Waals surface area contributed by atoms with E-state index in [4.69, 9.17) is 14.7 Å². The van der Waals surface area contributed by atoms with E-state index in [1.54, 1.807) is 0 Å². The molecule has 3 rings (SSSR count). The molecule has 4 nitrogen and oxygen atoms in total. The molecule has 20 heavy (non-hydrogen) atoms. The minimum atomic E-state index is 0.466. The zero-order chi connectivity index (χ0) is 13.9. The lowest BCUT2D eigenvalue weighted by atomic mass is 9.98. The van der Waals surface area contributed by atoms with Gasteiger partial charge in [0, 0.05) is 32.1 Å². The quantitative estimate of drug-likeness (QED) is 0.804. The summed E-state index contributed by atoms with van der Waals surface area (Å²) in [5.74, 6) is 3.13. The summed E-state index contributed by atoms with van der Waals surface area (Å²) < 4.78 is 6.67. The van der Waals surface area contributed by atoms with Crippen molar-refractivity contribution in [1.82, 2.24) is 9.97 Å². The first-order valence-corrected chi connectivity index (χ1v) is 8.70. The second-order valence-electron chi connectivity index (χ2n) is 5.75. The fraction of sp³-hybridized carbons (Fsp3) is 0.733. The van der Waals surface area contributed by atoms with E-state index in [0.717, 1.165) is 37.7 Å². The Bertz CT molecular complexity index is 468. The van der Waals surface area contributed by atoms with Gasteiger partial charge in [0.1, 0.15) is 11.6 Å². The lowest BCUT2D eigenvalue weighted by molar-refractivity contribution is 0.0835. The van der Waals surface area contributed by atoms with Crippen molar-refractivity contribution in [2.24, 2.45) is 0 Å². The first kappa shape index (κ1) is 14.5. The number of anilines is 1. The van der Waals surface area contributed by atoms with E-state index < -0.39 is 0 Å². The molecule has 1 N–H and O–H groups in total. The number of hydrogen-bond donors (Lipinski definition) is 1. The first-order valence-electron chi connectivity index (χ1n) is 7.62. The van der Waals surface area contributed by atoms with E-state index in [2.05, 4.69) is 27.9 Å². The van der Waals surface area contributed by atoms with Crippen LogP contribution in [0.4, 0.5) is 5.82 Å². The summed E-state index contributed by atoms with van der Waals surface area (Å²) in [5, 5.41) is 3.25. The van der Waals surface area contributed by atoms with Crippen LogP contribution >= 0.6 is 22.6 Å². The first-order chi connectivity index (χ1) is 9.79. The van der Waals surface area contributed by atoms with Crippen LogP contribution in [0.15, 0.2) is 0 Å². The lowest BCUT2D eigenvalue weighted by Crippen LogP contribution is -2.19. The number of halogens is 1. The monoisotopic (exact) mass is 387 g/mol. The Kier molecular flexibility index (Phi) is 4.75. The summed E-state index contributed by atoms with van der Waals surface area (Å²) in [6, 6.07) is 0. The predicted molar refractivity (Wildman–Crippen MR) is 88.3 cm³/mol. The highest BCUT2D eigenvalue weighted by atomic mass is 127. The highest BCUT2D eigenvalue weighted by Crippen LogP contribution is 2.38. The Balaban J connectivity index is 1.95. The number of ether oxygens (including phenoxy) is 1. The standard InChI is InChI=1S/C15H22IN3O/c1-17-15-12(16)13(10-4-2-3-5-10)18-14(19-15)11-6-8-20-9-7-11/h10-11H,2-9H2,1H3,(H,17,18,19). The molecule has 1 aliphatic heterocycles. The third-order valence-corrected chi connectivity index (χ3v) is 5.52. The molecule has 1 aromatic rings. The molecule has 1 aromatic heterocycles. The van der Waals surface area contributed by atoms with Crippen LogP contribution < -0.4 is 5.32 Å². The van der Waals surface area contributed by atoms with Crippen LogP contribution in [0.2, 0.25) is 0 Å². The second kappa shape index (κ2) is 6.56. The molecule has 1 aliphatic carbocycles. The second-order valence-corrected chi connectivity index (χ2v) is 6.83. The van der Waals surface area contributed by atoms with Crippen molar-refractivity contribution in [2.75, 3.05) is 25.6 Å². The normalized spacial score (nSPS) is 21.3. The number of nitrogens with zero attached hydrogens (tertiary/aromatic N) is 2. The molecule has 0 atom stereocenters. The van der Waals surface area contributed by atoms with Crippen LogP contribution in [-0.4, -0.2) is 30.2 Å². The van der Waals surface area contributed by atoms with Crippen molar-refractivity contribution in [1.29, 1.82) is 0 Å². The zero-order valence-corrected chi connectivity index (χ0v) is 14.1. The Labute approximate surface area is 134 Å². The maximum atomic E-state index is 5.46. The summed E-state index contributed by atoms with van der Waals surface area (Å²) in [7, 11) is 1.96. The zero-order valence-electron chi connectivity index (χ0n) is 12.0. The van der Waals surface area contributed by atoms with E-state index in [-0.39, 0.29) is 0 Å². The molecule has 2 heterocycles. The highest BCUT2D eigenvalue weighted by molar-refractivity contribution is 14.1. The van der Waals surface area contributed by atoms with Crippen LogP contribution in [0, 0.1) is 3.57 Å². The maximum absolute atomic E-state index is 5.46. The van der Waals surface area contributed by atoms with Gasteiger partial charge in [0.2, 0.25) is 0 Å². The number of rotatable bonds is 3. The van der Waals surface area contributed by atoms with Gasteiger partial charge in [-0.25, -0.2) is 9.97 Å². The Morgan fingerprint density at radius 2 is 1.75 bits per heavy atom. The molecule has 0 aromatic carbocycles. The average Bonchev–Trinajstić information content (AvgIpc) is 3.02. The number of hydrogen-bond acceptors (Lipinski definition) is 4. The van der Waals surface area contributed by atoms with Gasteiger partial charge in [-0.2, -0.15) is 0 Å². The van der Waals surface area contributed by atoms with Crippen molar-refractivity contribution in [3.05, 3.63) is 15.1 Å². The van der Waals surface area contributed by atoms with Crippen molar-refractivity contribution in [3.63, 3.8) is 0 Å². The summed E-state index contributed by atoms with van der Waals surface area (Å²) in [6.07, 6.45) is 7.34. The van der Waals surface area contributed by atoms with Gasteiger partial charge < -0.3 is 10.1 Å². The fourth-order valence-electron chi connectivity index (χ4n) is 3.26. The Hall–Kier alpha value is -0.430. The van der Waals surface area contributed by atoms with Crippen LogP contribution in [0.25, 0.3) is 0 Å². The highest BCUT2D eigenvalue weighted by Gasteiger charge is 2.26. The smallest absolute Gasteiger partial charge is 0.143 e. The molecular weight excluding hydrogens is 365 g/mol. The minimum absolute atomic E-state index is 0.466. The van der Waals surface area contributed by atoms with Crippen LogP contribution in [0.1, 0.15) is 61.9 Å². The van der Waals surface area contributed by atoms with E-state index in [0.29, 0.717) is 11.8 Å². The molecule has 5 heteroatoms. The molecule has 1 saturated heterocycles. The molecule has 0 radical (unpaired) electrons. The summed E-state index contributed by atoms with van der Waals surface area (Å²) in [6.45, 7) is 1.68. The van der Waals surface area contributed by atoms with Crippen LogP contribution in [0.3, 0.4) is 0 Å². The van der Waals surface area contributed by atoms with Crippen molar-refractivity contribution in [3.8, 4) is 0 Å². The number of nitrogens with one attached hydrogen (secondary N) is 1. The predicted octanol–water partition coefficient (Wildman–Crippen LogP) is 3.67. The van der Waals surface area contributed by atoms with Gasteiger partial charge in [0.25, 0.3) is 0 Å². The molecule has 0 spiro atoms. The Morgan fingerprint density at radius 1 is 1.05 bits per heavy atom. The molecule has 2 aliphatic rings. The van der Waals surface area contributed by atoms with Crippen molar-refractivity contribution < 1.29 is 4.74 Å². The van der Waals surface area contributed by atoms with Gasteiger partial charge in [-0.3, -0.25) is 0 Å². The minimum Gasteiger partial charge on any atom is -0.381 e. The molecule has 1 saturated carbocycles. The van der Waals surface area contributed by atoms with Gasteiger partial charge in [-0.1, -0.05) is 12.8 Å². The SMILES string of the molecule is CNc1nc(C2CCOCC2)nc(C2CCCC2)c1I. The maximum Gasteiger partial charge on any atom is 0.143 e. The molecule has 0 amide bonds. The van der Waals surface area contributed by atoms with Crippen molar-refractivity contribution in [2.45, 2.75) is 50.4 Å². The number of aromatic nitrogens is 2. The lowest BCUT2D eigenvalue weighted by Gasteiger charge is -2.23. The van der Waals surface area contributed by atoms with Crippen LogP contribution in [-0.2, 0) is 4.74 Å². The third kappa shape index (κ3) is 2.93. The topological polar surface area (TPSA) is 47.0 Å².